The van der Waals surface area contributed by atoms with Gasteiger partial charge >= 0.3 is 0 Å². The number of nitrogens with zero attached hydrogens (tertiary/aromatic N) is 3. The predicted molar refractivity (Wildman–Crippen MR) is 111 cm³/mol. The van der Waals surface area contributed by atoms with Crippen LogP contribution in [0.25, 0.3) is 10.9 Å². The summed E-state index contributed by atoms with van der Waals surface area (Å²) in [6.07, 6.45) is 1.52. The molecule has 0 atom stereocenters. The lowest BCUT2D eigenvalue weighted by Gasteiger charge is -2.34. The smallest absolute Gasteiger partial charge is 0.270 e. The Morgan fingerprint density at radius 3 is 2.50 bits per heavy atom. The first-order chi connectivity index (χ1) is 14.3. The molecule has 156 valence electrons. The van der Waals surface area contributed by atoms with Crippen LogP contribution in [0.2, 0.25) is 5.02 Å². The summed E-state index contributed by atoms with van der Waals surface area (Å²) in [5.41, 5.74) is 0.833. The minimum Gasteiger partial charge on any atom is -0.360 e. The molecule has 4 rings (SSSR count). The summed E-state index contributed by atoms with van der Waals surface area (Å²) in [5, 5.41) is 11.8. The highest BCUT2D eigenvalue weighted by atomic mass is 35.5. The van der Waals surface area contributed by atoms with E-state index in [1.807, 2.05) is 0 Å². The zero-order chi connectivity index (χ0) is 21.5. The predicted octanol–water partition coefficient (Wildman–Crippen LogP) is 2.88. The molecule has 0 aliphatic carbocycles. The standard InChI is InChI=1S/C19H17ClN4O5S/c20-13-2-1-3-15(10-13)30(28,29)23-8-6-22(7-9-23)19(25)17-12-21-18-5-4-14(24(26)27)11-16(17)18/h1-5,10-12,21H,6-9H2. The number of aromatic nitrogens is 1. The molecule has 0 bridgehead atoms. The molecular formula is C19H17ClN4O5S. The third-order valence-corrected chi connectivity index (χ3v) is 7.20. The quantitative estimate of drug-likeness (QED) is 0.486. The fraction of sp³-hybridized carbons (Fsp3) is 0.211. The summed E-state index contributed by atoms with van der Waals surface area (Å²) in [7, 11) is -3.71. The average molecular weight is 449 g/mol. The number of amides is 1. The Balaban J connectivity index is 1.52. The van der Waals surface area contributed by atoms with Crippen molar-refractivity contribution in [3.05, 3.63) is 69.4 Å². The van der Waals surface area contributed by atoms with Crippen LogP contribution in [0.15, 0.2) is 53.6 Å². The number of sulfonamides is 1. The van der Waals surface area contributed by atoms with Gasteiger partial charge < -0.3 is 9.88 Å². The maximum Gasteiger partial charge on any atom is 0.270 e. The molecule has 0 radical (unpaired) electrons. The molecule has 1 aromatic heterocycles. The number of nitrogens with one attached hydrogen (secondary N) is 1. The number of piperazine rings is 1. The summed E-state index contributed by atoms with van der Waals surface area (Å²) in [6, 6.07) is 10.3. The summed E-state index contributed by atoms with van der Waals surface area (Å²) in [6.45, 7) is 0.701. The van der Waals surface area contributed by atoms with Crippen LogP contribution in [0, 0.1) is 10.1 Å². The van der Waals surface area contributed by atoms with E-state index in [0.717, 1.165) is 0 Å². The number of non-ortho nitro benzene ring substituents is 1. The van der Waals surface area contributed by atoms with Gasteiger partial charge in [-0.2, -0.15) is 4.31 Å². The molecule has 2 aromatic carbocycles. The van der Waals surface area contributed by atoms with Crippen LogP contribution in [0.3, 0.4) is 0 Å². The Hall–Kier alpha value is -2.95. The maximum atomic E-state index is 13.0. The fourth-order valence-corrected chi connectivity index (χ4v) is 5.20. The molecule has 0 unspecified atom stereocenters. The van der Waals surface area contributed by atoms with Gasteiger partial charge in [-0.3, -0.25) is 14.9 Å². The number of H-pyrrole nitrogens is 1. The zero-order valence-corrected chi connectivity index (χ0v) is 17.2. The van der Waals surface area contributed by atoms with Crippen molar-refractivity contribution in [2.45, 2.75) is 4.90 Å². The summed E-state index contributed by atoms with van der Waals surface area (Å²) >= 11 is 5.91. The van der Waals surface area contributed by atoms with E-state index >= 15 is 0 Å². The van der Waals surface area contributed by atoms with E-state index in [0.29, 0.717) is 21.5 Å². The number of nitro benzene ring substituents is 1. The summed E-state index contributed by atoms with van der Waals surface area (Å²) < 4.78 is 27.0. The highest BCUT2D eigenvalue weighted by Gasteiger charge is 2.31. The Bertz CT molecular complexity index is 1250. The Labute approximate surface area is 177 Å². The van der Waals surface area contributed by atoms with Crippen molar-refractivity contribution < 1.29 is 18.1 Å². The lowest BCUT2D eigenvalue weighted by molar-refractivity contribution is -0.384. The van der Waals surface area contributed by atoms with Crippen molar-refractivity contribution in [2.75, 3.05) is 26.2 Å². The lowest BCUT2D eigenvalue weighted by Crippen LogP contribution is -2.50. The molecule has 2 heterocycles. The topological polar surface area (TPSA) is 117 Å². The molecule has 1 N–H and O–H groups in total. The van der Waals surface area contributed by atoms with Crippen LogP contribution < -0.4 is 0 Å². The van der Waals surface area contributed by atoms with Crippen LogP contribution in [0.4, 0.5) is 5.69 Å². The monoisotopic (exact) mass is 448 g/mol. The van der Waals surface area contributed by atoms with Crippen molar-refractivity contribution in [3.63, 3.8) is 0 Å². The number of carbonyl (C=O) groups excluding carboxylic acids is 1. The van der Waals surface area contributed by atoms with Gasteiger partial charge in [0.15, 0.2) is 0 Å². The second-order valence-corrected chi connectivity index (χ2v) is 9.22. The first-order valence-electron chi connectivity index (χ1n) is 9.08. The molecule has 0 spiro atoms. The fourth-order valence-electron chi connectivity index (χ4n) is 3.48. The van der Waals surface area contributed by atoms with Crippen molar-refractivity contribution in [1.29, 1.82) is 0 Å². The van der Waals surface area contributed by atoms with Gasteiger partial charge in [-0.1, -0.05) is 17.7 Å². The molecule has 1 amide bonds. The van der Waals surface area contributed by atoms with Gasteiger partial charge in [-0.25, -0.2) is 8.42 Å². The van der Waals surface area contributed by atoms with E-state index in [2.05, 4.69) is 4.98 Å². The number of carbonyl (C=O) groups is 1. The normalized spacial score (nSPS) is 15.4. The van der Waals surface area contributed by atoms with E-state index in [1.54, 1.807) is 23.1 Å². The first kappa shape index (κ1) is 20.3. The molecule has 1 saturated heterocycles. The third kappa shape index (κ3) is 3.64. The number of aromatic amines is 1. The maximum absolute atomic E-state index is 13.0. The second-order valence-electron chi connectivity index (χ2n) is 6.84. The van der Waals surface area contributed by atoms with E-state index < -0.39 is 14.9 Å². The number of hydrogen-bond acceptors (Lipinski definition) is 5. The van der Waals surface area contributed by atoms with Crippen LogP contribution in [0.5, 0.6) is 0 Å². The van der Waals surface area contributed by atoms with Crippen LogP contribution in [-0.2, 0) is 10.0 Å². The van der Waals surface area contributed by atoms with Crippen molar-refractivity contribution in [2.24, 2.45) is 0 Å². The molecule has 30 heavy (non-hydrogen) atoms. The van der Waals surface area contributed by atoms with Crippen molar-refractivity contribution >= 4 is 44.1 Å². The molecular weight excluding hydrogens is 432 g/mol. The minimum atomic E-state index is -3.71. The SMILES string of the molecule is O=C(c1c[nH]c2ccc([N+](=O)[O-])cc12)N1CCN(S(=O)(=O)c2cccc(Cl)c2)CC1. The Kier molecular flexibility index (Phi) is 5.22. The molecule has 0 saturated carbocycles. The molecule has 1 aliphatic heterocycles. The minimum absolute atomic E-state index is 0.103. The van der Waals surface area contributed by atoms with Gasteiger partial charge in [0.25, 0.3) is 11.6 Å². The molecule has 3 aromatic rings. The first-order valence-corrected chi connectivity index (χ1v) is 10.9. The number of hydrogen-bond donors (Lipinski definition) is 1. The molecule has 11 heteroatoms. The number of nitro groups is 1. The second kappa shape index (κ2) is 7.71. The van der Waals surface area contributed by atoms with Crippen molar-refractivity contribution in [3.8, 4) is 0 Å². The Morgan fingerprint density at radius 1 is 1.10 bits per heavy atom. The van der Waals surface area contributed by atoms with Crippen LogP contribution in [-0.4, -0.2) is 59.6 Å². The summed E-state index contributed by atoms with van der Waals surface area (Å²) in [5.74, 6) is -0.304. The number of benzene rings is 2. The molecule has 1 fully saturated rings. The van der Waals surface area contributed by atoms with Gasteiger partial charge in [0.1, 0.15) is 0 Å². The van der Waals surface area contributed by atoms with Gasteiger partial charge in [-0.15, -0.1) is 0 Å². The van der Waals surface area contributed by atoms with Crippen molar-refractivity contribution in [1.82, 2.24) is 14.2 Å². The van der Waals surface area contributed by atoms with Gasteiger partial charge in [0.2, 0.25) is 10.0 Å². The molecule has 1 aliphatic rings. The number of rotatable bonds is 4. The van der Waals surface area contributed by atoms with E-state index in [9.17, 15) is 23.3 Å². The van der Waals surface area contributed by atoms with Gasteiger partial charge in [0.05, 0.1) is 15.4 Å². The Morgan fingerprint density at radius 2 is 1.83 bits per heavy atom. The summed E-state index contributed by atoms with van der Waals surface area (Å²) in [4.78, 5) is 28.1. The number of halogens is 1. The molecule has 9 nitrogen and oxygen atoms in total. The van der Waals surface area contributed by atoms with Gasteiger partial charge in [-0.05, 0) is 24.3 Å². The average Bonchev–Trinajstić information content (AvgIpc) is 3.16. The lowest BCUT2D eigenvalue weighted by atomic mass is 10.1. The highest BCUT2D eigenvalue weighted by molar-refractivity contribution is 7.89. The van der Waals surface area contributed by atoms with Crippen LogP contribution in [0.1, 0.15) is 10.4 Å². The van der Waals surface area contributed by atoms with Gasteiger partial charge in [0, 0.05) is 60.4 Å². The number of fused-ring (bicyclic) bond motifs is 1. The van der Waals surface area contributed by atoms with E-state index in [-0.39, 0.29) is 42.7 Å². The third-order valence-electron chi connectivity index (χ3n) is 5.07. The zero-order valence-electron chi connectivity index (χ0n) is 15.6. The highest BCUT2D eigenvalue weighted by Crippen LogP contribution is 2.26. The van der Waals surface area contributed by atoms with E-state index in [4.69, 9.17) is 11.6 Å². The van der Waals surface area contributed by atoms with Crippen LogP contribution >= 0.6 is 11.6 Å². The largest absolute Gasteiger partial charge is 0.360 e. The van der Waals surface area contributed by atoms with E-state index in [1.165, 1.54) is 34.8 Å².